The van der Waals surface area contributed by atoms with E-state index >= 15 is 0 Å². The summed E-state index contributed by atoms with van der Waals surface area (Å²) in [5.41, 5.74) is 1.95. The summed E-state index contributed by atoms with van der Waals surface area (Å²) in [6, 6.07) is 20.2. The van der Waals surface area contributed by atoms with E-state index in [4.69, 9.17) is 9.47 Å². The zero-order valence-electron chi connectivity index (χ0n) is 19.2. The predicted octanol–water partition coefficient (Wildman–Crippen LogP) is 3.60. The van der Waals surface area contributed by atoms with Crippen LogP contribution in [0.4, 0.5) is 0 Å². The molecule has 0 aliphatic rings. The minimum Gasteiger partial charge on any atom is -0.497 e. The lowest BCUT2D eigenvalue weighted by molar-refractivity contribution is 0.0722. The molecule has 1 atom stereocenters. The molecule has 0 spiro atoms. The molecular formula is C26H29N3O4. The lowest BCUT2D eigenvalue weighted by Gasteiger charge is -2.29. The van der Waals surface area contributed by atoms with Crippen LogP contribution in [0.2, 0.25) is 0 Å². The van der Waals surface area contributed by atoms with Crippen LogP contribution in [0.1, 0.15) is 32.8 Å². The van der Waals surface area contributed by atoms with Crippen molar-refractivity contribution in [2.75, 3.05) is 27.8 Å². The van der Waals surface area contributed by atoms with Crippen LogP contribution in [0.25, 0.3) is 0 Å². The standard InChI is InChI=1S/C26H29N3O4/c1-29(26(31)20-16-22(32-2)18-23(17-20)33-3)21(15-19-9-5-4-6-10-19)12-14-28-25(30)24-11-7-8-13-27-24/h4-11,13,16-18,21H,12,14-15H2,1-3H3,(H,28,30)/t21-/m1/s1. The minimum absolute atomic E-state index is 0.138. The summed E-state index contributed by atoms with van der Waals surface area (Å²) in [7, 11) is 4.88. The number of carbonyl (C=O) groups is 2. The van der Waals surface area contributed by atoms with Gasteiger partial charge in [-0.05, 0) is 42.7 Å². The van der Waals surface area contributed by atoms with Crippen molar-refractivity contribution in [3.05, 3.63) is 89.7 Å². The van der Waals surface area contributed by atoms with Crippen LogP contribution in [0.3, 0.4) is 0 Å². The SMILES string of the molecule is COc1cc(OC)cc(C(=O)N(C)[C@H](CCNC(=O)c2ccccn2)Cc2ccccc2)c1. The molecule has 0 aliphatic heterocycles. The molecule has 172 valence electrons. The Morgan fingerprint density at radius 3 is 2.24 bits per heavy atom. The summed E-state index contributed by atoms with van der Waals surface area (Å²) in [6.45, 7) is 0.409. The highest BCUT2D eigenvalue weighted by molar-refractivity contribution is 5.95. The molecule has 3 rings (SSSR count). The Kier molecular flexibility index (Phi) is 8.41. The minimum atomic E-state index is -0.236. The van der Waals surface area contributed by atoms with Crippen LogP contribution < -0.4 is 14.8 Å². The van der Waals surface area contributed by atoms with Gasteiger partial charge in [-0.25, -0.2) is 0 Å². The van der Waals surface area contributed by atoms with Crippen LogP contribution in [-0.2, 0) is 6.42 Å². The highest BCUT2D eigenvalue weighted by atomic mass is 16.5. The van der Waals surface area contributed by atoms with Crippen LogP contribution >= 0.6 is 0 Å². The van der Waals surface area contributed by atoms with Gasteiger partial charge in [0, 0.05) is 37.5 Å². The second-order valence-corrected chi connectivity index (χ2v) is 7.62. The quantitative estimate of drug-likeness (QED) is 0.514. The molecule has 0 saturated heterocycles. The molecule has 0 bridgehead atoms. The van der Waals surface area contributed by atoms with Crippen molar-refractivity contribution in [2.45, 2.75) is 18.9 Å². The van der Waals surface area contributed by atoms with Gasteiger partial charge in [0.15, 0.2) is 0 Å². The van der Waals surface area contributed by atoms with E-state index in [1.165, 1.54) is 0 Å². The van der Waals surface area contributed by atoms with Crippen molar-refractivity contribution in [2.24, 2.45) is 0 Å². The average molecular weight is 448 g/mol. The van der Waals surface area contributed by atoms with Crippen molar-refractivity contribution < 1.29 is 19.1 Å². The number of aromatic nitrogens is 1. The van der Waals surface area contributed by atoms with Gasteiger partial charge in [-0.1, -0.05) is 36.4 Å². The molecule has 2 aromatic carbocycles. The number of pyridine rings is 1. The largest absolute Gasteiger partial charge is 0.497 e. The smallest absolute Gasteiger partial charge is 0.269 e. The Morgan fingerprint density at radius 2 is 1.64 bits per heavy atom. The molecule has 1 aromatic heterocycles. The first kappa shape index (κ1) is 23.8. The monoisotopic (exact) mass is 447 g/mol. The molecule has 33 heavy (non-hydrogen) atoms. The van der Waals surface area contributed by atoms with Gasteiger partial charge in [0.2, 0.25) is 0 Å². The van der Waals surface area contributed by atoms with Crippen LogP contribution in [0.15, 0.2) is 72.9 Å². The number of amides is 2. The molecule has 7 nitrogen and oxygen atoms in total. The average Bonchev–Trinajstić information content (AvgIpc) is 2.87. The van der Waals surface area contributed by atoms with Gasteiger partial charge in [-0.15, -0.1) is 0 Å². The Hall–Kier alpha value is -3.87. The van der Waals surface area contributed by atoms with Crippen molar-refractivity contribution in [3.63, 3.8) is 0 Å². The number of rotatable bonds is 10. The number of methoxy groups -OCH3 is 2. The summed E-state index contributed by atoms with van der Waals surface area (Å²) in [6.07, 6.45) is 2.82. The fraction of sp³-hybridized carbons (Fsp3) is 0.269. The molecule has 2 amide bonds. The molecule has 7 heteroatoms. The van der Waals surface area contributed by atoms with Crippen LogP contribution in [0.5, 0.6) is 11.5 Å². The Bertz CT molecular complexity index is 1040. The second-order valence-electron chi connectivity index (χ2n) is 7.62. The van der Waals surface area contributed by atoms with E-state index in [9.17, 15) is 9.59 Å². The number of benzene rings is 2. The van der Waals surface area contributed by atoms with Crippen molar-refractivity contribution in [3.8, 4) is 11.5 Å². The Balaban J connectivity index is 1.75. The molecule has 1 N–H and O–H groups in total. The topological polar surface area (TPSA) is 80.8 Å². The molecular weight excluding hydrogens is 418 g/mol. The third-order valence-electron chi connectivity index (χ3n) is 5.44. The first-order chi connectivity index (χ1) is 16.0. The predicted molar refractivity (Wildman–Crippen MR) is 127 cm³/mol. The number of likely N-dealkylation sites (N-methyl/N-ethyl adjacent to an activating group) is 1. The molecule has 3 aromatic rings. The highest BCUT2D eigenvalue weighted by Crippen LogP contribution is 2.24. The molecule has 0 radical (unpaired) electrons. The molecule has 0 fully saturated rings. The maximum atomic E-state index is 13.3. The van der Waals surface area contributed by atoms with Gasteiger partial charge in [-0.3, -0.25) is 14.6 Å². The Morgan fingerprint density at radius 1 is 0.970 bits per heavy atom. The number of ether oxygens (including phenoxy) is 2. The molecule has 0 aliphatic carbocycles. The molecule has 1 heterocycles. The van der Waals surface area contributed by atoms with Crippen molar-refractivity contribution in [1.29, 1.82) is 0 Å². The summed E-state index contributed by atoms with van der Waals surface area (Å²) in [4.78, 5) is 31.5. The van der Waals surface area contributed by atoms with E-state index < -0.39 is 0 Å². The summed E-state index contributed by atoms with van der Waals surface area (Å²) < 4.78 is 10.6. The van der Waals surface area contributed by atoms with Gasteiger partial charge in [0.1, 0.15) is 17.2 Å². The fourth-order valence-electron chi connectivity index (χ4n) is 3.56. The highest BCUT2D eigenvalue weighted by Gasteiger charge is 2.23. The van der Waals surface area contributed by atoms with E-state index in [0.29, 0.717) is 42.1 Å². The third kappa shape index (κ3) is 6.55. The lowest BCUT2D eigenvalue weighted by atomic mass is 10.0. The number of hydrogen-bond donors (Lipinski definition) is 1. The van der Waals surface area contributed by atoms with Gasteiger partial charge in [0.25, 0.3) is 11.8 Å². The van der Waals surface area contributed by atoms with E-state index in [-0.39, 0.29) is 17.9 Å². The number of hydrogen-bond acceptors (Lipinski definition) is 5. The fourth-order valence-corrected chi connectivity index (χ4v) is 3.56. The number of nitrogens with zero attached hydrogens (tertiary/aromatic N) is 2. The first-order valence-electron chi connectivity index (χ1n) is 10.7. The zero-order chi connectivity index (χ0) is 23.6. The van der Waals surface area contributed by atoms with E-state index in [2.05, 4.69) is 10.3 Å². The van der Waals surface area contributed by atoms with Crippen LogP contribution in [-0.4, -0.2) is 55.6 Å². The second kappa shape index (κ2) is 11.7. The van der Waals surface area contributed by atoms with Gasteiger partial charge >= 0.3 is 0 Å². The summed E-state index contributed by atoms with van der Waals surface area (Å²) >= 11 is 0. The van der Waals surface area contributed by atoms with Gasteiger partial charge < -0.3 is 19.7 Å². The van der Waals surface area contributed by atoms with E-state index in [0.717, 1.165) is 5.56 Å². The van der Waals surface area contributed by atoms with E-state index in [1.807, 2.05) is 30.3 Å². The third-order valence-corrected chi connectivity index (χ3v) is 5.44. The van der Waals surface area contributed by atoms with Crippen molar-refractivity contribution in [1.82, 2.24) is 15.2 Å². The van der Waals surface area contributed by atoms with E-state index in [1.54, 1.807) is 68.8 Å². The first-order valence-corrected chi connectivity index (χ1v) is 10.7. The van der Waals surface area contributed by atoms with Gasteiger partial charge in [-0.2, -0.15) is 0 Å². The van der Waals surface area contributed by atoms with Crippen LogP contribution in [0, 0.1) is 0 Å². The lowest BCUT2D eigenvalue weighted by Crippen LogP contribution is -2.41. The number of carbonyl (C=O) groups excluding carboxylic acids is 2. The molecule has 0 saturated carbocycles. The van der Waals surface area contributed by atoms with Crippen molar-refractivity contribution >= 4 is 11.8 Å². The summed E-state index contributed by atoms with van der Waals surface area (Å²) in [5.74, 6) is 0.714. The Labute approximate surface area is 194 Å². The summed E-state index contributed by atoms with van der Waals surface area (Å²) in [5, 5.41) is 2.91. The number of nitrogens with one attached hydrogen (secondary N) is 1. The zero-order valence-corrected chi connectivity index (χ0v) is 19.2. The van der Waals surface area contributed by atoms with Gasteiger partial charge in [0.05, 0.1) is 14.2 Å². The maximum Gasteiger partial charge on any atom is 0.269 e. The maximum absolute atomic E-state index is 13.3. The molecule has 0 unspecified atom stereocenters. The normalized spacial score (nSPS) is 11.4.